The number of aromatic carboxylic acids is 1. The summed E-state index contributed by atoms with van der Waals surface area (Å²) in [5.41, 5.74) is 0.652. The number of furan rings is 1. The lowest BCUT2D eigenvalue weighted by Crippen LogP contribution is -2.00. The van der Waals surface area contributed by atoms with Crippen molar-refractivity contribution in [1.29, 1.82) is 10.5 Å². The van der Waals surface area contributed by atoms with E-state index in [9.17, 15) is 4.79 Å². The molecule has 2 aromatic heterocycles. The first kappa shape index (κ1) is 12.4. The van der Waals surface area contributed by atoms with Gasteiger partial charge < -0.3 is 14.1 Å². The number of hydrogen-bond acceptors (Lipinski definition) is 5. The Kier molecular flexibility index (Phi) is 3.05. The molecule has 0 bridgehead atoms. The standard InChI is InChI=1S/C12H8N4O3/c1-7-2-8(19-11(7)12(17)18)5-16-6-15-9(3-13)10(16)4-14/h2,6H,5H2,1H3,(H,17,18). The largest absolute Gasteiger partial charge is 0.475 e. The average Bonchev–Trinajstić information content (AvgIpc) is 2.92. The van der Waals surface area contributed by atoms with Crippen molar-refractivity contribution >= 4 is 5.97 Å². The van der Waals surface area contributed by atoms with Crippen LogP contribution in [0.3, 0.4) is 0 Å². The van der Waals surface area contributed by atoms with Gasteiger partial charge in [-0.15, -0.1) is 0 Å². The van der Waals surface area contributed by atoms with Crippen molar-refractivity contribution in [1.82, 2.24) is 9.55 Å². The summed E-state index contributed by atoms with van der Waals surface area (Å²) >= 11 is 0. The van der Waals surface area contributed by atoms with Crippen LogP contribution in [0.1, 0.15) is 33.3 Å². The molecule has 0 aliphatic carbocycles. The first-order valence-electron chi connectivity index (χ1n) is 5.24. The summed E-state index contributed by atoms with van der Waals surface area (Å²) in [6.07, 6.45) is 1.34. The van der Waals surface area contributed by atoms with Crippen LogP contribution in [0.25, 0.3) is 0 Å². The molecule has 2 aromatic rings. The SMILES string of the molecule is Cc1cc(Cn2cnc(C#N)c2C#N)oc1C(=O)O. The molecule has 0 aliphatic rings. The molecule has 1 N–H and O–H groups in total. The molecule has 0 aliphatic heterocycles. The number of hydrogen-bond donors (Lipinski definition) is 1. The number of nitrogens with zero attached hydrogens (tertiary/aromatic N) is 4. The second kappa shape index (κ2) is 4.67. The molecule has 0 spiro atoms. The molecular weight excluding hydrogens is 248 g/mol. The van der Waals surface area contributed by atoms with Crippen molar-refractivity contribution in [3.63, 3.8) is 0 Å². The Balaban J connectivity index is 2.35. The monoisotopic (exact) mass is 256 g/mol. The van der Waals surface area contributed by atoms with Crippen LogP contribution in [0.2, 0.25) is 0 Å². The molecule has 0 fully saturated rings. The molecule has 0 atom stereocenters. The summed E-state index contributed by atoms with van der Waals surface area (Å²) in [6.45, 7) is 1.77. The van der Waals surface area contributed by atoms with Crippen molar-refractivity contribution in [2.45, 2.75) is 13.5 Å². The molecule has 0 aromatic carbocycles. The molecule has 2 heterocycles. The van der Waals surface area contributed by atoms with Crippen LogP contribution < -0.4 is 0 Å². The van der Waals surface area contributed by atoms with Gasteiger partial charge in [0.25, 0.3) is 0 Å². The van der Waals surface area contributed by atoms with Gasteiger partial charge in [0.05, 0.1) is 12.9 Å². The smallest absolute Gasteiger partial charge is 0.372 e. The minimum absolute atomic E-state index is 0.0317. The lowest BCUT2D eigenvalue weighted by molar-refractivity contribution is 0.0659. The van der Waals surface area contributed by atoms with Gasteiger partial charge in [-0.1, -0.05) is 0 Å². The molecular formula is C12H8N4O3. The predicted octanol–water partition coefficient (Wildman–Crippen LogP) is 1.27. The van der Waals surface area contributed by atoms with Gasteiger partial charge in [0.1, 0.15) is 17.9 Å². The zero-order valence-corrected chi connectivity index (χ0v) is 9.91. The highest BCUT2D eigenvalue weighted by atomic mass is 16.4. The molecule has 7 nitrogen and oxygen atoms in total. The van der Waals surface area contributed by atoms with Gasteiger partial charge in [-0.2, -0.15) is 10.5 Å². The van der Waals surface area contributed by atoms with Crippen molar-refractivity contribution in [3.8, 4) is 12.1 Å². The number of rotatable bonds is 3. The van der Waals surface area contributed by atoms with E-state index in [0.29, 0.717) is 11.3 Å². The number of carboxylic acids is 1. The summed E-state index contributed by atoms with van der Waals surface area (Å²) in [5, 5.41) is 26.6. The Morgan fingerprint density at radius 3 is 2.79 bits per heavy atom. The second-order valence-corrected chi connectivity index (χ2v) is 3.82. The zero-order valence-electron chi connectivity index (χ0n) is 9.91. The number of carbonyl (C=O) groups is 1. The van der Waals surface area contributed by atoms with E-state index in [2.05, 4.69) is 4.98 Å². The summed E-state index contributed by atoms with van der Waals surface area (Å²) in [4.78, 5) is 14.6. The van der Waals surface area contributed by atoms with Gasteiger partial charge in [0, 0.05) is 5.56 Å². The second-order valence-electron chi connectivity index (χ2n) is 3.82. The lowest BCUT2D eigenvalue weighted by atomic mass is 10.2. The highest BCUT2D eigenvalue weighted by molar-refractivity contribution is 5.86. The van der Waals surface area contributed by atoms with Crippen molar-refractivity contribution in [2.24, 2.45) is 0 Å². The minimum atomic E-state index is -1.15. The third kappa shape index (κ3) is 2.17. The maximum Gasteiger partial charge on any atom is 0.372 e. The number of nitriles is 2. The minimum Gasteiger partial charge on any atom is -0.475 e. The van der Waals surface area contributed by atoms with Gasteiger partial charge >= 0.3 is 5.97 Å². The van der Waals surface area contributed by atoms with Gasteiger partial charge in [-0.3, -0.25) is 0 Å². The normalized spacial score (nSPS) is 9.84. The fourth-order valence-corrected chi connectivity index (χ4v) is 1.71. The third-order valence-corrected chi connectivity index (χ3v) is 2.54. The van der Waals surface area contributed by atoms with E-state index in [4.69, 9.17) is 20.0 Å². The maximum absolute atomic E-state index is 10.9. The van der Waals surface area contributed by atoms with Crippen LogP contribution >= 0.6 is 0 Å². The zero-order chi connectivity index (χ0) is 14.0. The average molecular weight is 256 g/mol. The first-order chi connectivity index (χ1) is 9.06. The van der Waals surface area contributed by atoms with Gasteiger partial charge in [0.2, 0.25) is 5.76 Å². The maximum atomic E-state index is 10.9. The summed E-state index contributed by atoms with van der Waals surface area (Å²) in [7, 11) is 0. The van der Waals surface area contributed by atoms with E-state index in [-0.39, 0.29) is 23.7 Å². The summed E-state index contributed by atoms with van der Waals surface area (Å²) in [6, 6.07) is 5.27. The number of carboxylic acid groups (broad SMARTS) is 1. The van der Waals surface area contributed by atoms with Crippen LogP contribution in [0.5, 0.6) is 0 Å². The summed E-state index contributed by atoms with van der Waals surface area (Å²) < 4.78 is 6.61. The van der Waals surface area contributed by atoms with E-state index in [1.54, 1.807) is 13.0 Å². The van der Waals surface area contributed by atoms with Crippen LogP contribution in [0.4, 0.5) is 0 Å². The topological polar surface area (TPSA) is 116 Å². The quantitative estimate of drug-likeness (QED) is 0.883. The van der Waals surface area contributed by atoms with Crippen LogP contribution in [-0.2, 0) is 6.54 Å². The van der Waals surface area contributed by atoms with E-state index >= 15 is 0 Å². The van der Waals surface area contributed by atoms with Gasteiger partial charge in [-0.25, -0.2) is 9.78 Å². The number of aromatic nitrogens is 2. The van der Waals surface area contributed by atoms with Gasteiger partial charge in [-0.05, 0) is 13.0 Å². The molecule has 0 saturated carbocycles. The van der Waals surface area contributed by atoms with E-state index in [0.717, 1.165) is 0 Å². The molecule has 2 rings (SSSR count). The first-order valence-corrected chi connectivity index (χ1v) is 5.24. The Morgan fingerprint density at radius 2 is 2.26 bits per heavy atom. The van der Waals surface area contributed by atoms with Crippen molar-refractivity contribution < 1.29 is 14.3 Å². The summed E-state index contributed by atoms with van der Waals surface area (Å²) in [5.74, 6) is -0.893. The van der Waals surface area contributed by atoms with E-state index in [1.807, 2.05) is 12.1 Å². The van der Waals surface area contributed by atoms with Crippen molar-refractivity contribution in [3.05, 3.63) is 40.9 Å². The Hall–Kier alpha value is -3.06. The Morgan fingerprint density at radius 1 is 1.53 bits per heavy atom. The fourth-order valence-electron chi connectivity index (χ4n) is 1.71. The van der Waals surface area contributed by atoms with Gasteiger partial charge in [0.15, 0.2) is 11.4 Å². The molecule has 94 valence electrons. The van der Waals surface area contributed by atoms with Crippen molar-refractivity contribution in [2.75, 3.05) is 0 Å². The molecule has 0 saturated heterocycles. The Labute approximate surface area is 107 Å². The predicted molar refractivity (Wildman–Crippen MR) is 61.2 cm³/mol. The highest BCUT2D eigenvalue weighted by Crippen LogP contribution is 2.17. The Bertz CT molecular complexity index is 727. The highest BCUT2D eigenvalue weighted by Gasteiger charge is 2.16. The molecule has 0 amide bonds. The molecule has 7 heteroatoms. The molecule has 0 radical (unpaired) electrons. The third-order valence-electron chi connectivity index (χ3n) is 2.54. The van der Waals surface area contributed by atoms with E-state index < -0.39 is 5.97 Å². The fraction of sp³-hybridized carbons (Fsp3) is 0.167. The van der Waals surface area contributed by atoms with Crippen LogP contribution in [-0.4, -0.2) is 20.6 Å². The van der Waals surface area contributed by atoms with E-state index in [1.165, 1.54) is 10.9 Å². The van der Waals surface area contributed by atoms with Crippen LogP contribution in [0.15, 0.2) is 16.8 Å². The number of imidazole rings is 1. The lowest BCUT2D eigenvalue weighted by Gasteiger charge is -1.99. The number of aryl methyl sites for hydroxylation is 1. The molecule has 0 unspecified atom stereocenters. The van der Waals surface area contributed by atoms with Crippen LogP contribution in [0, 0.1) is 29.6 Å². The molecule has 19 heavy (non-hydrogen) atoms.